The molecule has 2 aliphatic rings. The van der Waals surface area contributed by atoms with E-state index in [1.54, 1.807) is 12.1 Å². The molecule has 1 fully saturated rings. The molecule has 0 spiro atoms. The molecule has 0 saturated heterocycles. The van der Waals surface area contributed by atoms with E-state index in [-0.39, 0.29) is 24.8 Å². The summed E-state index contributed by atoms with van der Waals surface area (Å²) in [6.45, 7) is 0.126. The number of aliphatic carboxylic acids is 1. The number of amides is 2. The van der Waals surface area contributed by atoms with Gasteiger partial charge in [0.1, 0.15) is 0 Å². The molecule has 1 heterocycles. The topological polar surface area (TPSA) is 95.5 Å². The fraction of sp³-hybridized carbons (Fsp3) is 0.500. The Hall–Kier alpha value is -2.37. The van der Waals surface area contributed by atoms with Crippen LogP contribution < -0.4 is 10.6 Å². The smallest absolute Gasteiger partial charge is 0.311 e. The highest BCUT2D eigenvalue weighted by atomic mass is 16.4. The number of hydrogen-bond acceptors (Lipinski definition) is 3. The zero-order valence-corrected chi connectivity index (χ0v) is 13.5. The zero-order chi connectivity index (χ0) is 17.2. The van der Waals surface area contributed by atoms with Crippen LogP contribution in [0.4, 0.5) is 5.69 Å². The molecular formula is C18H22N2O4. The predicted molar refractivity (Wildman–Crippen MR) is 88.6 cm³/mol. The molecule has 6 nitrogen and oxygen atoms in total. The largest absolute Gasteiger partial charge is 0.481 e. The normalized spacial score (nSPS) is 22.2. The molecule has 3 N–H and O–H groups in total. The van der Waals surface area contributed by atoms with Gasteiger partial charge in [-0.25, -0.2) is 0 Å². The number of carboxylic acids is 1. The Bertz CT molecular complexity index is 665. The lowest BCUT2D eigenvalue weighted by atomic mass is 9.74. The maximum Gasteiger partial charge on any atom is 0.311 e. The molecule has 24 heavy (non-hydrogen) atoms. The molecule has 0 aromatic heterocycles. The average Bonchev–Trinajstić information content (AvgIpc) is 2.59. The van der Waals surface area contributed by atoms with Crippen molar-refractivity contribution in [3.8, 4) is 0 Å². The van der Waals surface area contributed by atoms with E-state index in [0.717, 1.165) is 24.8 Å². The Kier molecular flexibility index (Phi) is 4.55. The molecule has 0 bridgehead atoms. The Morgan fingerprint density at radius 3 is 2.62 bits per heavy atom. The first kappa shape index (κ1) is 16.5. The second kappa shape index (κ2) is 6.63. The summed E-state index contributed by atoms with van der Waals surface area (Å²) >= 11 is 0. The predicted octanol–water partition coefficient (Wildman–Crippen LogP) is 2.26. The van der Waals surface area contributed by atoms with Crippen molar-refractivity contribution in [2.45, 2.75) is 44.4 Å². The van der Waals surface area contributed by atoms with E-state index < -0.39 is 17.3 Å². The first-order valence-corrected chi connectivity index (χ1v) is 8.42. The summed E-state index contributed by atoms with van der Waals surface area (Å²) in [7, 11) is 0. The van der Waals surface area contributed by atoms with Gasteiger partial charge in [0.2, 0.25) is 11.8 Å². The van der Waals surface area contributed by atoms with Crippen LogP contribution in [0.3, 0.4) is 0 Å². The highest BCUT2D eigenvalue weighted by Crippen LogP contribution is 2.37. The van der Waals surface area contributed by atoms with Gasteiger partial charge >= 0.3 is 5.97 Å². The zero-order valence-electron chi connectivity index (χ0n) is 13.5. The minimum Gasteiger partial charge on any atom is -0.481 e. The average molecular weight is 330 g/mol. The van der Waals surface area contributed by atoms with Gasteiger partial charge in [-0.15, -0.1) is 0 Å². The fourth-order valence-corrected chi connectivity index (χ4v) is 3.72. The third-order valence-corrected chi connectivity index (χ3v) is 5.18. The third kappa shape index (κ3) is 3.13. The van der Waals surface area contributed by atoms with Crippen molar-refractivity contribution in [2.75, 3.05) is 11.9 Å². The molecule has 1 unspecified atom stereocenters. The molecule has 1 atom stereocenters. The minimum atomic E-state index is -0.871. The van der Waals surface area contributed by atoms with E-state index in [2.05, 4.69) is 10.6 Å². The number of fused-ring (bicyclic) bond motifs is 1. The van der Waals surface area contributed by atoms with Gasteiger partial charge in [-0.3, -0.25) is 14.4 Å². The molecule has 6 heteroatoms. The van der Waals surface area contributed by atoms with Crippen molar-refractivity contribution in [2.24, 2.45) is 5.41 Å². The summed E-state index contributed by atoms with van der Waals surface area (Å²) in [6, 6.07) is 7.23. The van der Waals surface area contributed by atoms with Crippen LogP contribution in [0.25, 0.3) is 0 Å². The summed E-state index contributed by atoms with van der Waals surface area (Å²) in [6.07, 6.45) is 4.05. The van der Waals surface area contributed by atoms with Crippen LogP contribution in [-0.2, 0) is 14.4 Å². The third-order valence-electron chi connectivity index (χ3n) is 5.18. The van der Waals surface area contributed by atoms with Crippen LogP contribution >= 0.6 is 0 Å². The lowest BCUT2D eigenvalue weighted by Gasteiger charge is -2.34. The summed E-state index contributed by atoms with van der Waals surface area (Å²) in [4.78, 5) is 36.2. The Morgan fingerprint density at radius 1 is 1.21 bits per heavy atom. The number of hydrogen-bond donors (Lipinski definition) is 3. The summed E-state index contributed by atoms with van der Waals surface area (Å²) in [5.41, 5.74) is 0.562. The van der Waals surface area contributed by atoms with Crippen molar-refractivity contribution < 1.29 is 19.5 Å². The SMILES string of the molecule is O=C1CC(C(=O)NCC2(C(=O)O)CCCCC2)c2ccccc2N1. The first-order valence-electron chi connectivity index (χ1n) is 8.42. The molecule has 1 aromatic rings. The van der Waals surface area contributed by atoms with E-state index in [9.17, 15) is 19.5 Å². The van der Waals surface area contributed by atoms with Gasteiger partial charge < -0.3 is 15.7 Å². The van der Waals surface area contributed by atoms with Gasteiger partial charge in [-0.1, -0.05) is 37.5 Å². The number of para-hydroxylation sites is 1. The van der Waals surface area contributed by atoms with Gasteiger partial charge in [0.05, 0.1) is 11.3 Å². The maximum atomic E-state index is 12.6. The van der Waals surface area contributed by atoms with Gasteiger partial charge in [0, 0.05) is 18.7 Å². The van der Waals surface area contributed by atoms with Crippen LogP contribution in [0.5, 0.6) is 0 Å². The monoisotopic (exact) mass is 330 g/mol. The molecule has 3 rings (SSSR count). The molecule has 1 aliphatic heterocycles. The molecule has 128 valence electrons. The summed E-state index contributed by atoms with van der Waals surface area (Å²) < 4.78 is 0. The van der Waals surface area contributed by atoms with Gasteiger partial charge in [0.15, 0.2) is 0 Å². The van der Waals surface area contributed by atoms with Crippen LogP contribution in [0.15, 0.2) is 24.3 Å². The quantitative estimate of drug-likeness (QED) is 0.789. The number of anilines is 1. The van der Waals surface area contributed by atoms with E-state index in [4.69, 9.17) is 0 Å². The van der Waals surface area contributed by atoms with Crippen LogP contribution in [0.2, 0.25) is 0 Å². The molecule has 2 amide bonds. The van der Waals surface area contributed by atoms with Crippen molar-refractivity contribution in [1.82, 2.24) is 5.32 Å². The second-order valence-electron chi connectivity index (χ2n) is 6.76. The van der Waals surface area contributed by atoms with Gasteiger partial charge in [0.25, 0.3) is 0 Å². The number of carbonyl (C=O) groups is 3. The fourth-order valence-electron chi connectivity index (χ4n) is 3.72. The van der Waals surface area contributed by atoms with Crippen LogP contribution in [0.1, 0.15) is 50.0 Å². The number of nitrogens with one attached hydrogen (secondary N) is 2. The number of benzene rings is 1. The lowest BCUT2D eigenvalue weighted by Crippen LogP contribution is -2.46. The lowest BCUT2D eigenvalue weighted by molar-refractivity contribution is -0.151. The van der Waals surface area contributed by atoms with E-state index in [1.807, 2.05) is 12.1 Å². The van der Waals surface area contributed by atoms with Crippen molar-refractivity contribution in [1.29, 1.82) is 0 Å². The maximum absolute atomic E-state index is 12.6. The highest BCUT2D eigenvalue weighted by molar-refractivity contribution is 6.01. The molecular weight excluding hydrogens is 308 g/mol. The summed E-state index contributed by atoms with van der Waals surface area (Å²) in [5.74, 6) is -1.88. The molecule has 1 aliphatic carbocycles. The van der Waals surface area contributed by atoms with Crippen LogP contribution in [-0.4, -0.2) is 29.4 Å². The first-order chi connectivity index (χ1) is 11.5. The minimum absolute atomic E-state index is 0.0862. The standard InChI is InChI=1S/C18H22N2O4/c21-15-10-13(12-6-2-3-7-14(12)20-15)16(22)19-11-18(17(23)24)8-4-1-5-9-18/h2-3,6-7,13H,1,4-5,8-11H2,(H,19,22)(H,20,21)(H,23,24). The van der Waals surface area contributed by atoms with Crippen molar-refractivity contribution >= 4 is 23.5 Å². The molecule has 1 aromatic carbocycles. The Labute approximate surface area is 140 Å². The Morgan fingerprint density at radius 2 is 1.92 bits per heavy atom. The molecule has 0 radical (unpaired) electrons. The van der Waals surface area contributed by atoms with E-state index >= 15 is 0 Å². The second-order valence-corrected chi connectivity index (χ2v) is 6.76. The summed E-state index contributed by atoms with van der Waals surface area (Å²) in [5, 5.41) is 15.2. The van der Waals surface area contributed by atoms with Crippen molar-refractivity contribution in [3.63, 3.8) is 0 Å². The van der Waals surface area contributed by atoms with E-state index in [1.165, 1.54) is 0 Å². The number of carboxylic acid groups (broad SMARTS) is 1. The van der Waals surface area contributed by atoms with Gasteiger partial charge in [-0.2, -0.15) is 0 Å². The number of carbonyl (C=O) groups excluding carboxylic acids is 2. The highest BCUT2D eigenvalue weighted by Gasteiger charge is 2.40. The van der Waals surface area contributed by atoms with Gasteiger partial charge in [-0.05, 0) is 24.5 Å². The van der Waals surface area contributed by atoms with E-state index in [0.29, 0.717) is 18.5 Å². The molecule has 1 saturated carbocycles. The Balaban J connectivity index is 1.73. The van der Waals surface area contributed by atoms with Crippen molar-refractivity contribution in [3.05, 3.63) is 29.8 Å². The number of rotatable bonds is 4. The van der Waals surface area contributed by atoms with Crippen LogP contribution in [0, 0.1) is 5.41 Å².